The SMILES string of the molecule is CCOC(=O)c1nc(C(CO)NC(=O)c2cccc(C)n2)oc1CCNC(=O)OC(C)(C)C. The van der Waals surface area contributed by atoms with E-state index in [1.165, 1.54) is 6.07 Å². The lowest BCUT2D eigenvalue weighted by molar-refractivity contribution is 0.0515. The van der Waals surface area contributed by atoms with Crippen LogP contribution in [0, 0.1) is 6.92 Å². The third-order valence-corrected chi connectivity index (χ3v) is 4.11. The van der Waals surface area contributed by atoms with Gasteiger partial charge in [0.2, 0.25) is 5.89 Å². The highest BCUT2D eigenvalue weighted by atomic mass is 16.6. The van der Waals surface area contributed by atoms with Crippen LogP contribution >= 0.6 is 0 Å². The fraction of sp³-hybridized carbons (Fsp3) is 0.500. The first-order valence-corrected chi connectivity index (χ1v) is 10.5. The number of esters is 1. The molecule has 0 spiro atoms. The zero-order chi connectivity index (χ0) is 24.6. The molecule has 3 N–H and O–H groups in total. The Balaban J connectivity index is 2.17. The lowest BCUT2D eigenvalue weighted by Gasteiger charge is -2.19. The van der Waals surface area contributed by atoms with Gasteiger partial charge in [-0.1, -0.05) is 6.07 Å². The molecule has 0 saturated heterocycles. The van der Waals surface area contributed by atoms with E-state index in [2.05, 4.69) is 20.6 Å². The predicted octanol–water partition coefficient (Wildman–Crippen LogP) is 2.09. The van der Waals surface area contributed by atoms with Gasteiger partial charge in [0, 0.05) is 18.7 Å². The van der Waals surface area contributed by atoms with Gasteiger partial charge in [-0.2, -0.15) is 0 Å². The molecule has 2 heterocycles. The monoisotopic (exact) mass is 462 g/mol. The minimum Gasteiger partial charge on any atom is -0.461 e. The summed E-state index contributed by atoms with van der Waals surface area (Å²) < 4.78 is 15.9. The van der Waals surface area contributed by atoms with Crippen molar-refractivity contribution in [2.24, 2.45) is 0 Å². The minimum atomic E-state index is -1.03. The molecule has 0 aliphatic carbocycles. The summed E-state index contributed by atoms with van der Waals surface area (Å²) in [6.07, 6.45) is -0.516. The van der Waals surface area contributed by atoms with Gasteiger partial charge >= 0.3 is 12.1 Å². The molecule has 1 unspecified atom stereocenters. The topological polar surface area (TPSA) is 153 Å². The predicted molar refractivity (Wildman–Crippen MR) is 117 cm³/mol. The number of aliphatic hydroxyl groups is 1. The molecule has 1 atom stereocenters. The Hall–Kier alpha value is -3.47. The van der Waals surface area contributed by atoms with Crippen molar-refractivity contribution in [3.05, 3.63) is 46.9 Å². The molecule has 0 saturated carbocycles. The molecule has 11 nitrogen and oxygen atoms in total. The summed E-state index contributed by atoms with van der Waals surface area (Å²) in [4.78, 5) is 45.0. The molecular formula is C22H30N4O7. The fourth-order valence-electron chi connectivity index (χ4n) is 2.73. The van der Waals surface area contributed by atoms with Crippen LogP contribution in [-0.4, -0.2) is 58.4 Å². The second-order valence-corrected chi connectivity index (χ2v) is 8.10. The highest BCUT2D eigenvalue weighted by Crippen LogP contribution is 2.19. The Kier molecular flexibility index (Phi) is 8.92. The first-order valence-electron chi connectivity index (χ1n) is 10.5. The van der Waals surface area contributed by atoms with Crippen molar-refractivity contribution in [1.82, 2.24) is 20.6 Å². The molecule has 33 heavy (non-hydrogen) atoms. The van der Waals surface area contributed by atoms with Crippen LogP contribution in [-0.2, 0) is 15.9 Å². The van der Waals surface area contributed by atoms with E-state index in [9.17, 15) is 19.5 Å². The van der Waals surface area contributed by atoms with Crippen LogP contribution in [0.4, 0.5) is 4.79 Å². The second-order valence-electron chi connectivity index (χ2n) is 8.10. The number of carbonyl (C=O) groups excluding carboxylic acids is 3. The van der Waals surface area contributed by atoms with Crippen LogP contribution in [0.15, 0.2) is 22.6 Å². The number of nitrogens with one attached hydrogen (secondary N) is 2. The first-order chi connectivity index (χ1) is 15.5. The van der Waals surface area contributed by atoms with Gasteiger partial charge < -0.3 is 29.6 Å². The quantitative estimate of drug-likeness (QED) is 0.475. The summed E-state index contributed by atoms with van der Waals surface area (Å²) in [5.41, 5.74) is 0.0634. The van der Waals surface area contributed by atoms with Crippen molar-refractivity contribution in [3.63, 3.8) is 0 Å². The molecule has 2 aromatic rings. The van der Waals surface area contributed by atoms with E-state index in [1.54, 1.807) is 46.8 Å². The van der Waals surface area contributed by atoms with E-state index >= 15 is 0 Å². The average Bonchev–Trinajstić information content (AvgIpc) is 3.14. The van der Waals surface area contributed by atoms with Gasteiger partial charge in [0.15, 0.2) is 5.69 Å². The zero-order valence-corrected chi connectivity index (χ0v) is 19.4. The van der Waals surface area contributed by atoms with Crippen molar-refractivity contribution >= 4 is 18.0 Å². The number of aromatic nitrogens is 2. The van der Waals surface area contributed by atoms with E-state index in [4.69, 9.17) is 13.9 Å². The zero-order valence-electron chi connectivity index (χ0n) is 19.4. The van der Waals surface area contributed by atoms with E-state index in [-0.39, 0.29) is 42.6 Å². The first kappa shape index (κ1) is 25.8. The number of amides is 2. The van der Waals surface area contributed by atoms with Crippen LogP contribution in [0.1, 0.15) is 72.1 Å². The third kappa shape index (κ3) is 7.86. The number of pyridine rings is 1. The maximum absolute atomic E-state index is 12.5. The Morgan fingerprint density at radius 2 is 1.94 bits per heavy atom. The number of nitrogens with zero attached hydrogens (tertiary/aromatic N) is 2. The van der Waals surface area contributed by atoms with Crippen molar-refractivity contribution in [2.75, 3.05) is 19.8 Å². The average molecular weight is 463 g/mol. The maximum atomic E-state index is 12.5. The number of aryl methyl sites for hydroxylation is 1. The second kappa shape index (κ2) is 11.4. The molecule has 0 aliphatic heterocycles. The normalized spacial score (nSPS) is 12.1. The summed E-state index contributed by atoms with van der Waals surface area (Å²) >= 11 is 0. The highest BCUT2D eigenvalue weighted by molar-refractivity contribution is 5.92. The van der Waals surface area contributed by atoms with Crippen LogP contribution in [0.2, 0.25) is 0 Å². The molecule has 2 rings (SSSR count). The molecule has 0 aliphatic rings. The minimum absolute atomic E-state index is 0.0752. The summed E-state index contributed by atoms with van der Waals surface area (Å²) in [6, 6.07) is 3.94. The van der Waals surface area contributed by atoms with Gasteiger partial charge in [0.1, 0.15) is 23.1 Å². The molecule has 0 bridgehead atoms. The van der Waals surface area contributed by atoms with E-state index in [0.717, 1.165) is 0 Å². The molecule has 11 heteroatoms. The number of carbonyl (C=O) groups is 3. The third-order valence-electron chi connectivity index (χ3n) is 4.11. The fourth-order valence-corrected chi connectivity index (χ4v) is 2.73. The van der Waals surface area contributed by atoms with Crippen molar-refractivity contribution in [2.45, 2.75) is 52.7 Å². The standard InChI is InChI=1S/C22H30N4O7/c1-6-31-20(29)17-16(10-11-23-21(30)33-22(3,4)5)32-19(26-17)15(12-27)25-18(28)14-9-7-8-13(2)24-14/h7-9,15,27H,6,10-12H2,1-5H3,(H,23,30)(H,25,28). The number of alkyl carbamates (subject to hydrolysis) is 1. The van der Waals surface area contributed by atoms with E-state index in [0.29, 0.717) is 5.69 Å². The number of oxazole rings is 1. The molecule has 180 valence electrons. The van der Waals surface area contributed by atoms with Crippen molar-refractivity contribution in [3.8, 4) is 0 Å². The molecule has 2 aromatic heterocycles. The van der Waals surface area contributed by atoms with Gasteiger partial charge in [0.25, 0.3) is 5.91 Å². The molecule has 0 aromatic carbocycles. The van der Waals surface area contributed by atoms with Gasteiger partial charge in [-0.15, -0.1) is 0 Å². The Morgan fingerprint density at radius 1 is 1.21 bits per heavy atom. The molecule has 0 fully saturated rings. The smallest absolute Gasteiger partial charge is 0.407 e. The maximum Gasteiger partial charge on any atom is 0.407 e. The highest BCUT2D eigenvalue weighted by Gasteiger charge is 2.27. The molecule has 2 amide bonds. The lowest BCUT2D eigenvalue weighted by atomic mass is 10.2. The molecular weight excluding hydrogens is 432 g/mol. The number of rotatable bonds is 9. The number of hydrogen-bond acceptors (Lipinski definition) is 9. The van der Waals surface area contributed by atoms with Gasteiger partial charge in [0.05, 0.1) is 13.2 Å². The van der Waals surface area contributed by atoms with Crippen LogP contribution in [0.5, 0.6) is 0 Å². The van der Waals surface area contributed by atoms with E-state index < -0.39 is 36.2 Å². The van der Waals surface area contributed by atoms with Crippen molar-refractivity contribution < 1.29 is 33.4 Å². The number of aliphatic hydroxyl groups excluding tert-OH is 1. The summed E-state index contributed by atoms with van der Waals surface area (Å²) in [5, 5.41) is 15.0. The van der Waals surface area contributed by atoms with Crippen LogP contribution in [0.25, 0.3) is 0 Å². The van der Waals surface area contributed by atoms with Crippen molar-refractivity contribution in [1.29, 1.82) is 0 Å². The Labute approximate surface area is 191 Å². The Morgan fingerprint density at radius 3 is 2.55 bits per heavy atom. The van der Waals surface area contributed by atoms with Gasteiger partial charge in [-0.25, -0.2) is 19.6 Å². The van der Waals surface area contributed by atoms with E-state index in [1.807, 2.05) is 0 Å². The largest absolute Gasteiger partial charge is 0.461 e. The summed E-state index contributed by atoms with van der Waals surface area (Å²) in [6.45, 7) is 8.30. The van der Waals surface area contributed by atoms with Gasteiger partial charge in [-0.3, -0.25) is 4.79 Å². The number of hydrogen-bond donors (Lipinski definition) is 3. The number of ether oxygens (including phenoxy) is 2. The Bertz CT molecular complexity index is 981. The van der Waals surface area contributed by atoms with Gasteiger partial charge in [-0.05, 0) is 46.8 Å². The van der Waals surface area contributed by atoms with Crippen LogP contribution in [0.3, 0.4) is 0 Å². The summed E-state index contributed by atoms with van der Waals surface area (Å²) in [5.74, 6) is -1.19. The molecule has 0 radical (unpaired) electrons. The lowest BCUT2D eigenvalue weighted by Crippen LogP contribution is -2.33. The summed E-state index contributed by atoms with van der Waals surface area (Å²) in [7, 11) is 0. The van der Waals surface area contributed by atoms with Crippen LogP contribution < -0.4 is 10.6 Å².